The number of amides is 2. The molecule has 5 nitrogen and oxygen atoms in total. The Labute approximate surface area is 158 Å². The zero-order chi connectivity index (χ0) is 18.4. The van der Waals surface area contributed by atoms with Crippen LogP contribution in [0.4, 0.5) is 0 Å². The standard InChI is InChI=1S/C20H25N3O2S/c1-15-22-17(14-26-15)13-19(24)23-12-6-5-9-18(23)10-11-21-20(25)16-7-3-2-4-8-16/h2-4,7-8,14,18H,5-6,9-13H2,1H3,(H,21,25). The van der Waals surface area contributed by atoms with E-state index in [1.54, 1.807) is 11.3 Å². The molecule has 1 fully saturated rings. The maximum Gasteiger partial charge on any atom is 0.251 e. The minimum Gasteiger partial charge on any atom is -0.352 e. The molecule has 1 atom stereocenters. The summed E-state index contributed by atoms with van der Waals surface area (Å²) in [4.78, 5) is 31.3. The van der Waals surface area contributed by atoms with E-state index in [0.29, 0.717) is 18.5 Å². The molecular weight excluding hydrogens is 346 g/mol. The van der Waals surface area contributed by atoms with Gasteiger partial charge in [-0.2, -0.15) is 0 Å². The van der Waals surface area contributed by atoms with Crippen molar-refractivity contribution in [2.75, 3.05) is 13.1 Å². The molecule has 0 spiro atoms. The van der Waals surface area contributed by atoms with E-state index >= 15 is 0 Å². The molecule has 3 rings (SSSR count). The molecule has 0 radical (unpaired) electrons. The molecule has 1 unspecified atom stereocenters. The number of aryl methyl sites for hydroxylation is 1. The summed E-state index contributed by atoms with van der Waals surface area (Å²) < 4.78 is 0. The third-order valence-electron chi connectivity index (χ3n) is 4.75. The Balaban J connectivity index is 1.52. The summed E-state index contributed by atoms with van der Waals surface area (Å²) in [5.41, 5.74) is 1.53. The Morgan fingerprint density at radius 1 is 1.27 bits per heavy atom. The number of carbonyl (C=O) groups is 2. The highest BCUT2D eigenvalue weighted by Gasteiger charge is 2.26. The van der Waals surface area contributed by atoms with Gasteiger partial charge >= 0.3 is 0 Å². The second-order valence-electron chi connectivity index (χ2n) is 6.68. The van der Waals surface area contributed by atoms with Crippen LogP contribution in [0.25, 0.3) is 0 Å². The number of benzene rings is 1. The number of nitrogens with zero attached hydrogens (tertiary/aromatic N) is 2. The Bertz CT molecular complexity index is 745. The van der Waals surface area contributed by atoms with Gasteiger partial charge in [0.2, 0.25) is 5.91 Å². The highest BCUT2D eigenvalue weighted by molar-refractivity contribution is 7.09. The molecule has 2 aromatic rings. The number of rotatable bonds is 6. The lowest BCUT2D eigenvalue weighted by atomic mass is 9.98. The minimum atomic E-state index is -0.0581. The Morgan fingerprint density at radius 2 is 2.08 bits per heavy atom. The predicted molar refractivity (Wildman–Crippen MR) is 103 cm³/mol. The van der Waals surface area contributed by atoms with Crippen molar-refractivity contribution in [2.24, 2.45) is 0 Å². The largest absolute Gasteiger partial charge is 0.352 e. The van der Waals surface area contributed by atoms with E-state index in [-0.39, 0.29) is 17.9 Å². The summed E-state index contributed by atoms with van der Waals surface area (Å²) >= 11 is 1.58. The molecule has 2 heterocycles. The van der Waals surface area contributed by atoms with Crippen molar-refractivity contribution in [2.45, 2.75) is 45.1 Å². The van der Waals surface area contributed by atoms with Crippen molar-refractivity contribution >= 4 is 23.2 Å². The monoisotopic (exact) mass is 371 g/mol. The van der Waals surface area contributed by atoms with Crippen LogP contribution in [-0.2, 0) is 11.2 Å². The number of piperidine rings is 1. The molecule has 0 bridgehead atoms. The van der Waals surface area contributed by atoms with Crippen molar-refractivity contribution in [3.05, 3.63) is 52.0 Å². The Hall–Kier alpha value is -2.21. The average Bonchev–Trinajstić information content (AvgIpc) is 3.07. The lowest BCUT2D eigenvalue weighted by Gasteiger charge is -2.36. The molecule has 1 aromatic heterocycles. The van der Waals surface area contributed by atoms with Crippen molar-refractivity contribution in [3.8, 4) is 0 Å². The van der Waals surface area contributed by atoms with Crippen LogP contribution >= 0.6 is 11.3 Å². The summed E-state index contributed by atoms with van der Waals surface area (Å²) in [5, 5.41) is 5.93. The maximum absolute atomic E-state index is 12.7. The van der Waals surface area contributed by atoms with Crippen LogP contribution < -0.4 is 5.32 Å². The van der Waals surface area contributed by atoms with Gasteiger partial charge in [0.05, 0.1) is 17.1 Å². The van der Waals surface area contributed by atoms with Gasteiger partial charge in [0, 0.05) is 30.1 Å². The highest BCUT2D eigenvalue weighted by atomic mass is 32.1. The molecule has 1 saturated heterocycles. The first kappa shape index (κ1) is 18.6. The van der Waals surface area contributed by atoms with Gasteiger partial charge in [-0.1, -0.05) is 18.2 Å². The lowest BCUT2D eigenvalue weighted by Crippen LogP contribution is -2.46. The third kappa shape index (κ3) is 4.91. The predicted octanol–water partition coefficient (Wildman–Crippen LogP) is 3.20. The van der Waals surface area contributed by atoms with Crippen LogP contribution in [0.5, 0.6) is 0 Å². The zero-order valence-electron chi connectivity index (χ0n) is 15.1. The van der Waals surface area contributed by atoms with Gasteiger partial charge in [0.15, 0.2) is 0 Å². The number of hydrogen-bond donors (Lipinski definition) is 1. The first-order chi connectivity index (χ1) is 12.6. The van der Waals surface area contributed by atoms with Crippen LogP contribution in [0.2, 0.25) is 0 Å². The van der Waals surface area contributed by atoms with Crippen molar-refractivity contribution in [1.82, 2.24) is 15.2 Å². The molecule has 2 amide bonds. The molecule has 1 aromatic carbocycles. The molecule has 0 saturated carbocycles. The molecular formula is C20H25N3O2S. The number of hydrogen-bond acceptors (Lipinski definition) is 4. The van der Waals surface area contributed by atoms with E-state index < -0.39 is 0 Å². The number of carbonyl (C=O) groups excluding carboxylic acids is 2. The highest BCUT2D eigenvalue weighted by Crippen LogP contribution is 2.21. The van der Waals surface area contributed by atoms with Gasteiger partial charge in [-0.15, -0.1) is 11.3 Å². The Morgan fingerprint density at radius 3 is 2.81 bits per heavy atom. The molecule has 0 aliphatic carbocycles. The van der Waals surface area contributed by atoms with Gasteiger partial charge in [-0.05, 0) is 44.7 Å². The lowest BCUT2D eigenvalue weighted by molar-refractivity contribution is -0.134. The normalized spacial score (nSPS) is 17.1. The molecule has 138 valence electrons. The summed E-state index contributed by atoms with van der Waals surface area (Å²) in [6.07, 6.45) is 4.35. The molecule has 1 aliphatic rings. The molecule has 1 N–H and O–H groups in total. The minimum absolute atomic E-state index is 0.0581. The summed E-state index contributed by atoms with van der Waals surface area (Å²) in [7, 11) is 0. The third-order valence-corrected chi connectivity index (χ3v) is 5.57. The summed E-state index contributed by atoms with van der Waals surface area (Å²) in [5.74, 6) is 0.0895. The first-order valence-corrected chi connectivity index (χ1v) is 10.0. The number of thiazole rings is 1. The summed E-state index contributed by atoms with van der Waals surface area (Å²) in [6, 6.07) is 9.43. The van der Waals surface area contributed by atoms with Crippen molar-refractivity contribution in [1.29, 1.82) is 0 Å². The fourth-order valence-electron chi connectivity index (χ4n) is 3.42. The fourth-order valence-corrected chi connectivity index (χ4v) is 4.03. The second-order valence-corrected chi connectivity index (χ2v) is 7.74. The molecule has 6 heteroatoms. The van der Waals surface area contributed by atoms with E-state index in [4.69, 9.17) is 0 Å². The maximum atomic E-state index is 12.7. The molecule has 1 aliphatic heterocycles. The zero-order valence-corrected chi connectivity index (χ0v) is 15.9. The van der Waals surface area contributed by atoms with Crippen molar-refractivity contribution in [3.63, 3.8) is 0 Å². The molecule has 26 heavy (non-hydrogen) atoms. The average molecular weight is 372 g/mol. The van der Waals surface area contributed by atoms with Crippen LogP contribution in [0.1, 0.15) is 46.7 Å². The summed E-state index contributed by atoms with van der Waals surface area (Å²) in [6.45, 7) is 3.34. The van der Waals surface area contributed by atoms with E-state index in [2.05, 4.69) is 10.3 Å². The Kier molecular flexibility index (Phi) is 6.39. The number of nitrogens with one attached hydrogen (secondary N) is 1. The van der Waals surface area contributed by atoms with Crippen LogP contribution in [0.15, 0.2) is 35.7 Å². The van der Waals surface area contributed by atoms with Crippen LogP contribution in [0, 0.1) is 6.92 Å². The van der Waals surface area contributed by atoms with Crippen molar-refractivity contribution < 1.29 is 9.59 Å². The van der Waals surface area contributed by atoms with Crippen LogP contribution in [-0.4, -0.2) is 40.8 Å². The first-order valence-electron chi connectivity index (χ1n) is 9.17. The SMILES string of the molecule is Cc1nc(CC(=O)N2CCCCC2CCNC(=O)c2ccccc2)cs1. The van der Waals surface area contributed by atoms with Gasteiger partial charge in [0.1, 0.15) is 0 Å². The van der Waals surface area contributed by atoms with Crippen LogP contribution in [0.3, 0.4) is 0 Å². The van der Waals surface area contributed by atoms with E-state index in [1.807, 2.05) is 47.5 Å². The van der Waals surface area contributed by atoms with E-state index in [9.17, 15) is 9.59 Å². The second kappa shape index (κ2) is 8.94. The smallest absolute Gasteiger partial charge is 0.251 e. The van der Waals surface area contributed by atoms with E-state index in [0.717, 1.165) is 42.9 Å². The number of aromatic nitrogens is 1. The topological polar surface area (TPSA) is 62.3 Å². The number of likely N-dealkylation sites (tertiary alicyclic amines) is 1. The van der Waals surface area contributed by atoms with Gasteiger partial charge in [-0.25, -0.2) is 4.98 Å². The van der Waals surface area contributed by atoms with Gasteiger partial charge in [-0.3, -0.25) is 9.59 Å². The fraction of sp³-hybridized carbons (Fsp3) is 0.450. The van der Waals surface area contributed by atoms with Gasteiger partial charge < -0.3 is 10.2 Å². The van der Waals surface area contributed by atoms with E-state index in [1.165, 1.54) is 0 Å². The quantitative estimate of drug-likeness (QED) is 0.848. The van der Waals surface area contributed by atoms with Gasteiger partial charge in [0.25, 0.3) is 5.91 Å².